The summed E-state index contributed by atoms with van der Waals surface area (Å²) in [6.45, 7) is 6.41. The second-order valence-electron chi connectivity index (χ2n) is 4.39. The van der Waals surface area contributed by atoms with Crippen LogP contribution in [-0.4, -0.2) is 9.78 Å². The number of nitrogen functional groups attached to an aromatic ring is 1. The summed E-state index contributed by atoms with van der Waals surface area (Å²) >= 11 is 1.71. The molecule has 2 rings (SSSR count). The van der Waals surface area contributed by atoms with Crippen molar-refractivity contribution in [3.63, 3.8) is 0 Å². The van der Waals surface area contributed by atoms with Crippen LogP contribution in [-0.2, 0) is 7.05 Å². The fourth-order valence-corrected chi connectivity index (χ4v) is 2.76. The van der Waals surface area contributed by atoms with E-state index in [0.717, 1.165) is 17.1 Å². The van der Waals surface area contributed by atoms with Gasteiger partial charge >= 0.3 is 0 Å². The first-order chi connectivity index (χ1) is 7.52. The molecule has 0 spiro atoms. The van der Waals surface area contributed by atoms with Gasteiger partial charge in [-0.15, -0.1) is 0 Å². The van der Waals surface area contributed by atoms with E-state index in [1.54, 1.807) is 16.0 Å². The fourth-order valence-electron chi connectivity index (χ4n) is 1.92. The van der Waals surface area contributed by atoms with Gasteiger partial charge in [-0.05, 0) is 23.8 Å². The van der Waals surface area contributed by atoms with Gasteiger partial charge in [0, 0.05) is 23.6 Å². The monoisotopic (exact) mass is 235 g/mol. The predicted molar refractivity (Wildman–Crippen MR) is 69.8 cm³/mol. The number of aromatic nitrogens is 2. The summed E-state index contributed by atoms with van der Waals surface area (Å²) in [6.07, 6.45) is 0. The van der Waals surface area contributed by atoms with Crippen molar-refractivity contribution in [2.75, 3.05) is 5.73 Å². The van der Waals surface area contributed by atoms with Gasteiger partial charge in [0.25, 0.3) is 0 Å². The Hall–Kier alpha value is -1.29. The highest BCUT2D eigenvalue weighted by atomic mass is 32.1. The Bertz CT molecular complexity index is 508. The number of anilines is 1. The van der Waals surface area contributed by atoms with Crippen molar-refractivity contribution in [3.05, 3.63) is 21.9 Å². The van der Waals surface area contributed by atoms with Crippen LogP contribution in [0.3, 0.4) is 0 Å². The average Bonchev–Trinajstić information content (AvgIpc) is 2.72. The molecule has 2 aromatic rings. The second-order valence-corrected chi connectivity index (χ2v) is 5.14. The van der Waals surface area contributed by atoms with Crippen LogP contribution in [0.4, 0.5) is 5.82 Å². The van der Waals surface area contributed by atoms with E-state index in [1.807, 2.05) is 7.05 Å². The van der Waals surface area contributed by atoms with Crippen LogP contribution >= 0.6 is 11.3 Å². The zero-order chi connectivity index (χ0) is 11.9. The van der Waals surface area contributed by atoms with Crippen molar-refractivity contribution in [1.82, 2.24) is 9.78 Å². The molecule has 0 aliphatic heterocycles. The molecule has 0 amide bonds. The molecule has 0 aromatic carbocycles. The van der Waals surface area contributed by atoms with Gasteiger partial charge < -0.3 is 5.73 Å². The Morgan fingerprint density at radius 2 is 2.06 bits per heavy atom. The quantitative estimate of drug-likeness (QED) is 0.869. The van der Waals surface area contributed by atoms with Crippen LogP contribution in [0.15, 0.2) is 10.8 Å². The minimum Gasteiger partial charge on any atom is -0.384 e. The Balaban J connectivity index is 2.66. The number of nitrogens with zero attached hydrogens (tertiary/aromatic N) is 2. The highest BCUT2D eigenvalue weighted by Gasteiger charge is 2.19. The predicted octanol–water partition coefficient (Wildman–Crippen LogP) is 3.16. The zero-order valence-electron chi connectivity index (χ0n) is 10.1. The number of thiophene rings is 1. The lowest BCUT2D eigenvalue weighted by atomic mass is 9.98. The highest BCUT2D eigenvalue weighted by Crippen LogP contribution is 2.35. The first-order valence-corrected chi connectivity index (χ1v) is 6.32. The first kappa shape index (κ1) is 11.2. The molecular formula is C12H17N3S. The van der Waals surface area contributed by atoms with Crippen LogP contribution in [0.1, 0.15) is 30.9 Å². The van der Waals surface area contributed by atoms with Gasteiger partial charge in [-0.2, -0.15) is 16.4 Å². The van der Waals surface area contributed by atoms with E-state index in [4.69, 9.17) is 5.73 Å². The van der Waals surface area contributed by atoms with Crippen LogP contribution < -0.4 is 5.73 Å². The molecule has 0 radical (unpaired) electrons. The Morgan fingerprint density at radius 1 is 1.38 bits per heavy atom. The largest absolute Gasteiger partial charge is 0.384 e. The third kappa shape index (κ3) is 1.63. The van der Waals surface area contributed by atoms with Gasteiger partial charge in [0.15, 0.2) is 0 Å². The van der Waals surface area contributed by atoms with Gasteiger partial charge in [-0.1, -0.05) is 13.8 Å². The summed E-state index contributed by atoms with van der Waals surface area (Å²) in [5, 5.41) is 8.82. The van der Waals surface area contributed by atoms with Crippen molar-refractivity contribution in [2.24, 2.45) is 7.05 Å². The summed E-state index contributed by atoms with van der Waals surface area (Å²) in [7, 11) is 1.90. The van der Waals surface area contributed by atoms with Gasteiger partial charge in [0.1, 0.15) is 5.82 Å². The standard InChI is InChI=1S/C12H17N3S/c1-7(2)10-11(14-15(4)12(10)13)9-6-16-5-8(9)3/h5-7H,13H2,1-4H3. The molecule has 0 aliphatic rings. The Morgan fingerprint density at radius 3 is 2.56 bits per heavy atom. The van der Waals surface area contributed by atoms with E-state index < -0.39 is 0 Å². The van der Waals surface area contributed by atoms with E-state index in [0.29, 0.717) is 5.92 Å². The van der Waals surface area contributed by atoms with E-state index in [9.17, 15) is 0 Å². The first-order valence-electron chi connectivity index (χ1n) is 5.38. The molecule has 3 nitrogen and oxygen atoms in total. The highest BCUT2D eigenvalue weighted by molar-refractivity contribution is 7.08. The van der Waals surface area contributed by atoms with E-state index >= 15 is 0 Å². The molecule has 0 unspecified atom stereocenters. The van der Waals surface area contributed by atoms with E-state index in [2.05, 4.69) is 36.6 Å². The minimum absolute atomic E-state index is 0.392. The third-order valence-corrected chi connectivity index (χ3v) is 3.68. The number of aryl methyl sites for hydroxylation is 2. The fraction of sp³-hybridized carbons (Fsp3) is 0.417. The maximum Gasteiger partial charge on any atom is 0.125 e. The maximum absolute atomic E-state index is 6.06. The van der Waals surface area contributed by atoms with E-state index in [1.165, 1.54) is 11.1 Å². The zero-order valence-corrected chi connectivity index (χ0v) is 10.9. The molecule has 2 heterocycles. The SMILES string of the molecule is Cc1cscc1-c1nn(C)c(N)c1C(C)C. The molecule has 2 N–H and O–H groups in total. The molecule has 0 aliphatic carbocycles. The summed E-state index contributed by atoms with van der Waals surface area (Å²) in [4.78, 5) is 0. The molecule has 16 heavy (non-hydrogen) atoms. The number of hydrogen-bond donors (Lipinski definition) is 1. The lowest BCUT2D eigenvalue weighted by Crippen LogP contribution is -2.00. The summed E-state index contributed by atoms with van der Waals surface area (Å²) in [6, 6.07) is 0. The van der Waals surface area contributed by atoms with Crippen molar-refractivity contribution >= 4 is 17.2 Å². The normalized spacial score (nSPS) is 11.3. The lowest BCUT2D eigenvalue weighted by Gasteiger charge is -2.06. The van der Waals surface area contributed by atoms with Crippen LogP contribution in [0, 0.1) is 6.92 Å². The van der Waals surface area contributed by atoms with Crippen LogP contribution in [0.5, 0.6) is 0 Å². The molecule has 0 saturated carbocycles. The third-order valence-electron chi connectivity index (χ3n) is 2.82. The van der Waals surface area contributed by atoms with Crippen molar-refractivity contribution in [3.8, 4) is 11.3 Å². The summed E-state index contributed by atoms with van der Waals surface area (Å²) in [5.41, 5.74) is 10.7. The molecule has 0 bridgehead atoms. The molecule has 0 atom stereocenters. The molecule has 86 valence electrons. The summed E-state index contributed by atoms with van der Waals surface area (Å²) < 4.78 is 1.77. The van der Waals surface area contributed by atoms with Crippen LogP contribution in [0.25, 0.3) is 11.3 Å². The maximum atomic E-state index is 6.06. The summed E-state index contributed by atoms with van der Waals surface area (Å²) in [5.74, 6) is 1.17. The molecule has 0 saturated heterocycles. The minimum atomic E-state index is 0.392. The van der Waals surface area contributed by atoms with Gasteiger partial charge in [-0.3, -0.25) is 4.68 Å². The van der Waals surface area contributed by atoms with Gasteiger partial charge in [0.2, 0.25) is 0 Å². The Labute approximate surface area is 99.9 Å². The number of nitrogens with two attached hydrogens (primary N) is 1. The molecule has 4 heteroatoms. The average molecular weight is 235 g/mol. The van der Waals surface area contributed by atoms with Crippen LogP contribution in [0.2, 0.25) is 0 Å². The number of rotatable bonds is 2. The van der Waals surface area contributed by atoms with Crippen molar-refractivity contribution < 1.29 is 0 Å². The van der Waals surface area contributed by atoms with Crippen molar-refractivity contribution in [1.29, 1.82) is 0 Å². The van der Waals surface area contributed by atoms with Gasteiger partial charge in [-0.25, -0.2) is 0 Å². The topological polar surface area (TPSA) is 43.8 Å². The molecular weight excluding hydrogens is 218 g/mol. The second kappa shape index (κ2) is 3.94. The van der Waals surface area contributed by atoms with E-state index in [-0.39, 0.29) is 0 Å². The number of hydrogen-bond acceptors (Lipinski definition) is 3. The van der Waals surface area contributed by atoms with Gasteiger partial charge in [0.05, 0.1) is 5.69 Å². The van der Waals surface area contributed by atoms with Crippen molar-refractivity contribution in [2.45, 2.75) is 26.7 Å². The lowest BCUT2D eigenvalue weighted by molar-refractivity contribution is 0.780. The smallest absolute Gasteiger partial charge is 0.125 e. The molecule has 2 aromatic heterocycles. The Kier molecular flexibility index (Phi) is 2.76. The molecule has 0 fully saturated rings.